The molecular weight excluding hydrogens is 376 g/mol. The number of aryl methyl sites for hydroxylation is 2. The van der Waals surface area contributed by atoms with Crippen LogP contribution in [0.2, 0.25) is 0 Å². The van der Waals surface area contributed by atoms with E-state index in [4.69, 9.17) is 0 Å². The lowest BCUT2D eigenvalue weighted by molar-refractivity contribution is -0.119. The van der Waals surface area contributed by atoms with Gasteiger partial charge in [0.25, 0.3) is 5.91 Å². The molecule has 0 bridgehead atoms. The van der Waals surface area contributed by atoms with Crippen molar-refractivity contribution in [1.29, 1.82) is 0 Å². The number of hydrogen-bond acceptors (Lipinski definition) is 3. The summed E-state index contributed by atoms with van der Waals surface area (Å²) in [5, 5.41) is 0. The molecule has 0 atom stereocenters. The molecular formula is C17H17BrN2O2S. The molecule has 6 heteroatoms. The molecule has 0 fully saturated rings. The molecule has 0 aliphatic carbocycles. The molecule has 0 radical (unpaired) electrons. The van der Waals surface area contributed by atoms with Crippen LogP contribution < -0.4 is 10.9 Å². The van der Waals surface area contributed by atoms with Crippen molar-refractivity contribution in [2.45, 2.75) is 18.7 Å². The van der Waals surface area contributed by atoms with Crippen LogP contribution in [-0.4, -0.2) is 17.6 Å². The first-order valence-corrected chi connectivity index (χ1v) is 8.79. The van der Waals surface area contributed by atoms with Crippen molar-refractivity contribution in [1.82, 2.24) is 10.9 Å². The van der Waals surface area contributed by atoms with Crippen LogP contribution >= 0.6 is 27.7 Å². The lowest BCUT2D eigenvalue weighted by Gasteiger charge is -2.09. The third-order valence-electron chi connectivity index (χ3n) is 3.14. The number of hydrogen-bond donors (Lipinski definition) is 2. The average Bonchev–Trinajstić information content (AvgIpc) is 2.54. The standard InChI is InChI=1S/C17H17BrN2O2S/c1-11-7-8-12(2)15(9-11)23-10-16(21)19-20-17(22)13-5-3-4-6-14(13)18/h3-9H,10H2,1-2H3,(H,19,21)(H,20,22). The number of carbonyl (C=O) groups excluding carboxylic acids is 2. The molecule has 0 aromatic heterocycles. The van der Waals surface area contributed by atoms with E-state index < -0.39 is 0 Å². The molecule has 120 valence electrons. The quantitative estimate of drug-likeness (QED) is 0.616. The summed E-state index contributed by atoms with van der Waals surface area (Å²) in [6, 6.07) is 13.1. The van der Waals surface area contributed by atoms with E-state index in [2.05, 4.69) is 26.8 Å². The Hall–Kier alpha value is -1.79. The summed E-state index contributed by atoms with van der Waals surface area (Å²) in [6.45, 7) is 4.02. The molecule has 0 spiro atoms. The zero-order valence-electron chi connectivity index (χ0n) is 12.9. The van der Waals surface area contributed by atoms with Crippen LogP contribution in [0, 0.1) is 13.8 Å². The molecule has 2 aromatic rings. The number of benzene rings is 2. The first-order chi connectivity index (χ1) is 11.0. The summed E-state index contributed by atoms with van der Waals surface area (Å²) in [5.74, 6) is -0.376. The molecule has 23 heavy (non-hydrogen) atoms. The summed E-state index contributed by atoms with van der Waals surface area (Å²) in [7, 11) is 0. The Morgan fingerprint density at radius 2 is 1.83 bits per heavy atom. The number of amides is 2. The Balaban J connectivity index is 1.85. The normalized spacial score (nSPS) is 10.2. The van der Waals surface area contributed by atoms with Gasteiger partial charge in [0, 0.05) is 9.37 Å². The number of rotatable bonds is 4. The predicted molar refractivity (Wildman–Crippen MR) is 96.4 cm³/mol. The van der Waals surface area contributed by atoms with Gasteiger partial charge in [-0.05, 0) is 53.5 Å². The highest BCUT2D eigenvalue weighted by molar-refractivity contribution is 9.10. The third kappa shape index (κ3) is 5.11. The maximum atomic E-state index is 12.0. The molecule has 0 aliphatic heterocycles. The van der Waals surface area contributed by atoms with Crippen molar-refractivity contribution in [3.8, 4) is 0 Å². The minimum Gasteiger partial charge on any atom is -0.272 e. The Morgan fingerprint density at radius 3 is 2.57 bits per heavy atom. The highest BCUT2D eigenvalue weighted by Gasteiger charge is 2.10. The highest BCUT2D eigenvalue weighted by Crippen LogP contribution is 2.23. The van der Waals surface area contributed by atoms with Crippen molar-refractivity contribution in [3.05, 3.63) is 63.6 Å². The van der Waals surface area contributed by atoms with E-state index in [1.54, 1.807) is 18.2 Å². The van der Waals surface area contributed by atoms with Gasteiger partial charge in [0.1, 0.15) is 0 Å². The summed E-state index contributed by atoms with van der Waals surface area (Å²) >= 11 is 4.75. The summed E-state index contributed by atoms with van der Waals surface area (Å²) in [5.41, 5.74) is 7.60. The number of carbonyl (C=O) groups is 2. The molecule has 2 aromatic carbocycles. The van der Waals surface area contributed by atoms with E-state index in [0.717, 1.165) is 16.0 Å². The van der Waals surface area contributed by atoms with Crippen molar-refractivity contribution in [2.75, 3.05) is 5.75 Å². The largest absolute Gasteiger partial charge is 0.272 e. The van der Waals surface area contributed by atoms with Gasteiger partial charge in [-0.3, -0.25) is 20.4 Å². The molecule has 4 nitrogen and oxygen atoms in total. The lowest BCUT2D eigenvalue weighted by atomic mass is 10.2. The second kappa shape index (κ2) is 8.17. The molecule has 0 aliphatic rings. The summed E-state index contributed by atoms with van der Waals surface area (Å²) in [6.07, 6.45) is 0. The van der Waals surface area contributed by atoms with Gasteiger partial charge in [-0.2, -0.15) is 0 Å². The van der Waals surface area contributed by atoms with Crippen molar-refractivity contribution in [3.63, 3.8) is 0 Å². The van der Waals surface area contributed by atoms with Crippen LogP contribution in [-0.2, 0) is 4.79 Å². The van der Waals surface area contributed by atoms with Crippen LogP contribution in [0.4, 0.5) is 0 Å². The van der Waals surface area contributed by atoms with E-state index in [0.29, 0.717) is 10.0 Å². The topological polar surface area (TPSA) is 58.2 Å². The number of thioether (sulfide) groups is 1. The zero-order valence-corrected chi connectivity index (χ0v) is 15.3. The lowest BCUT2D eigenvalue weighted by Crippen LogP contribution is -2.42. The third-order valence-corrected chi connectivity index (χ3v) is 4.99. The zero-order chi connectivity index (χ0) is 16.8. The van der Waals surface area contributed by atoms with E-state index in [-0.39, 0.29) is 17.6 Å². The van der Waals surface area contributed by atoms with E-state index >= 15 is 0 Å². The van der Waals surface area contributed by atoms with Crippen molar-refractivity contribution in [2.24, 2.45) is 0 Å². The van der Waals surface area contributed by atoms with Gasteiger partial charge in [-0.15, -0.1) is 11.8 Å². The molecule has 2 N–H and O–H groups in total. The smallest absolute Gasteiger partial charge is 0.270 e. The SMILES string of the molecule is Cc1ccc(C)c(SCC(=O)NNC(=O)c2ccccc2Br)c1. The fourth-order valence-corrected chi connectivity index (χ4v) is 3.27. The Kier molecular flexibility index (Phi) is 6.24. The fraction of sp³-hybridized carbons (Fsp3) is 0.176. The monoisotopic (exact) mass is 392 g/mol. The molecule has 2 rings (SSSR count). The minimum absolute atomic E-state index is 0.237. The van der Waals surface area contributed by atoms with Crippen LogP contribution in [0.1, 0.15) is 21.5 Å². The summed E-state index contributed by atoms with van der Waals surface area (Å²) in [4.78, 5) is 24.9. The van der Waals surface area contributed by atoms with Gasteiger partial charge in [-0.25, -0.2) is 0 Å². The van der Waals surface area contributed by atoms with Crippen LogP contribution in [0.3, 0.4) is 0 Å². The van der Waals surface area contributed by atoms with E-state index in [9.17, 15) is 9.59 Å². The molecule has 2 amide bonds. The Morgan fingerprint density at radius 1 is 1.09 bits per heavy atom. The van der Waals surface area contributed by atoms with Crippen molar-refractivity contribution >= 4 is 39.5 Å². The van der Waals surface area contributed by atoms with Gasteiger partial charge in [0.05, 0.1) is 11.3 Å². The van der Waals surface area contributed by atoms with E-state index in [1.807, 2.05) is 38.1 Å². The first-order valence-electron chi connectivity index (χ1n) is 7.01. The Labute approximate surface area is 148 Å². The molecule has 0 unspecified atom stereocenters. The van der Waals surface area contributed by atoms with Gasteiger partial charge < -0.3 is 0 Å². The summed E-state index contributed by atoms with van der Waals surface area (Å²) < 4.78 is 0.677. The second-order valence-corrected chi connectivity index (χ2v) is 6.91. The van der Waals surface area contributed by atoms with Crippen LogP contribution in [0.5, 0.6) is 0 Å². The number of hydrazine groups is 1. The average molecular weight is 393 g/mol. The molecule has 0 saturated heterocycles. The van der Waals surface area contributed by atoms with Gasteiger partial charge in [-0.1, -0.05) is 29.8 Å². The maximum Gasteiger partial charge on any atom is 0.270 e. The Bertz CT molecular complexity index is 734. The van der Waals surface area contributed by atoms with E-state index in [1.165, 1.54) is 11.8 Å². The molecule has 0 heterocycles. The van der Waals surface area contributed by atoms with Gasteiger partial charge in [0.15, 0.2) is 0 Å². The van der Waals surface area contributed by atoms with Crippen molar-refractivity contribution < 1.29 is 9.59 Å². The number of nitrogens with one attached hydrogen (secondary N) is 2. The second-order valence-electron chi connectivity index (χ2n) is 5.04. The maximum absolute atomic E-state index is 12.0. The highest BCUT2D eigenvalue weighted by atomic mass is 79.9. The minimum atomic E-state index is -0.359. The van der Waals surface area contributed by atoms with Crippen LogP contribution in [0.15, 0.2) is 51.8 Å². The van der Waals surface area contributed by atoms with Gasteiger partial charge in [0.2, 0.25) is 5.91 Å². The van der Waals surface area contributed by atoms with Crippen LogP contribution in [0.25, 0.3) is 0 Å². The fourth-order valence-electron chi connectivity index (χ4n) is 1.88. The predicted octanol–water partition coefficient (Wildman–Crippen LogP) is 3.62. The first kappa shape index (κ1) is 17.6. The van der Waals surface area contributed by atoms with Gasteiger partial charge >= 0.3 is 0 Å². The molecule has 0 saturated carbocycles. The number of halogens is 1.